The van der Waals surface area contributed by atoms with Crippen LogP contribution in [0.25, 0.3) is 11.2 Å². The minimum Gasteiger partial charge on any atom is -0.497 e. The van der Waals surface area contributed by atoms with E-state index in [9.17, 15) is 0 Å². The molecule has 0 unspecified atom stereocenters. The molecule has 0 amide bonds. The second-order valence-corrected chi connectivity index (χ2v) is 7.65. The van der Waals surface area contributed by atoms with Crippen LogP contribution in [0.15, 0.2) is 91.3 Å². The van der Waals surface area contributed by atoms with Crippen molar-refractivity contribution >= 4 is 28.6 Å². The molecule has 0 aliphatic carbocycles. The van der Waals surface area contributed by atoms with Gasteiger partial charge in [0.25, 0.3) is 0 Å². The van der Waals surface area contributed by atoms with Crippen LogP contribution in [-0.2, 0) is 13.1 Å². The number of hydrogen-bond donors (Lipinski definition) is 2. The highest BCUT2D eigenvalue weighted by Crippen LogP contribution is 2.27. The summed E-state index contributed by atoms with van der Waals surface area (Å²) >= 11 is 0. The van der Waals surface area contributed by atoms with Crippen LogP contribution in [0, 0.1) is 0 Å². The van der Waals surface area contributed by atoms with Gasteiger partial charge in [0.15, 0.2) is 11.5 Å². The summed E-state index contributed by atoms with van der Waals surface area (Å²) in [6, 6.07) is 28.4. The van der Waals surface area contributed by atoms with Crippen LogP contribution in [0.5, 0.6) is 5.75 Å². The Morgan fingerprint density at radius 2 is 1.45 bits per heavy atom. The fourth-order valence-corrected chi connectivity index (χ4v) is 3.72. The van der Waals surface area contributed by atoms with E-state index in [1.54, 1.807) is 13.4 Å². The van der Waals surface area contributed by atoms with Crippen LogP contribution < -0.4 is 15.0 Å². The highest BCUT2D eigenvalue weighted by atomic mass is 16.5. The Morgan fingerprint density at radius 3 is 2.06 bits per heavy atom. The van der Waals surface area contributed by atoms with E-state index in [2.05, 4.69) is 73.7 Å². The van der Waals surface area contributed by atoms with Crippen molar-refractivity contribution < 1.29 is 4.74 Å². The zero-order chi connectivity index (χ0) is 22.5. The van der Waals surface area contributed by atoms with Crippen LogP contribution in [0.4, 0.5) is 17.5 Å². The number of fused-ring (bicyclic) bond motifs is 1. The van der Waals surface area contributed by atoms with Crippen molar-refractivity contribution in [2.24, 2.45) is 0 Å². The maximum Gasteiger partial charge on any atom is 0.231 e. The molecule has 2 aromatic heterocycles. The highest BCUT2D eigenvalue weighted by Gasteiger charge is 2.18. The monoisotopic (exact) mass is 436 g/mol. The predicted octanol–water partition coefficient (Wildman–Crippen LogP) is 5.31. The van der Waals surface area contributed by atoms with Gasteiger partial charge in [-0.05, 0) is 35.4 Å². The number of H-pyrrole nitrogens is 1. The summed E-state index contributed by atoms with van der Waals surface area (Å²) in [6.45, 7) is 1.39. The molecule has 7 heteroatoms. The minimum atomic E-state index is 0.487. The van der Waals surface area contributed by atoms with Crippen LogP contribution in [0.1, 0.15) is 11.1 Å². The second kappa shape index (κ2) is 9.40. The Labute approximate surface area is 192 Å². The predicted molar refractivity (Wildman–Crippen MR) is 131 cm³/mol. The quantitative estimate of drug-likeness (QED) is 0.343. The molecule has 3 aromatic carbocycles. The molecule has 7 nitrogen and oxygen atoms in total. The van der Waals surface area contributed by atoms with E-state index in [1.807, 2.05) is 36.4 Å². The molecule has 164 valence electrons. The third-order valence-corrected chi connectivity index (χ3v) is 5.34. The molecule has 0 fully saturated rings. The number of nitrogens with one attached hydrogen (secondary N) is 2. The molecule has 0 saturated carbocycles. The molecule has 5 aromatic rings. The number of rotatable bonds is 8. The van der Waals surface area contributed by atoms with Crippen molar-refractivity contribution in [1.82, 2.24) is 19.9 Å². The number of methoxy groups -OCH3 is 1. The van der Waals surface area contributed by atoms with Crippen LogP contribution in [0.3, 0.4) is 0 Å². The number of aromatic nitrogens is 4. The van der Waals surface area contributed by atoms with E-state index in [4.69, 9.17) is 9.72 Å². The topological polar surface area (TPSA) is 79.0 Å². The molecule has 0 spiro atoms. The van der Waals surface area contributed by atoms with Gasteiger partial charge in [-0.15, -0.1) is 0 Å². The Hall–Kier alpha value is -4.39. The van der Waals surface area contributed by atoms with Crippen molar-refractivity contribution in [3.05, 3.63) is 102 Å². The first kappa shape index (κ1) is 20.5. The molecule has 5 rings (SSSR count). The molecular weight excluding hydrogens is 412 g/mol. The first-order valence-electron chi connectivity index (χ1n) is 10.7. The lowest BCUT2D eigenvalue weighted by Gasteiger charge is -2.25. The van der Waals surface area contributed by atoms with Crippen molar-refractivity contribution in [3.63, 3.8) is 0 Å². The lowest BCUT2D eigenvalue weighted by atomic mass is 10.1. The summed E-state index contributed by atoms with van der Waals surface area (Å²) in [5.74, 6) is 2.07. The smallest absolute Gasteiger partial charge is 0.231 e. The van der Waals surface area contributed by atoms with E-state index in [0.717, 1.165) is 22.8 Å². The molecule has 2 N–H and O–H groups in total. The van der Waals surface area contributed by atoms with Gasteiger partial charge in [-0.2, -0.15) is 9.97 Å². The second-order valence-electron chi connectivity index (χ2n) is 7.65. The maximum absolute atomic E-state index is 5.25. The minimum absolute atomic E-state index is 0.487. The van der Waals surface area contributed by atoms with Crippen LogP contribution in [-0.4, -0.2) is 27.0 Å². The molecule has 33 heavy (non-hydrogen) atoms. The third kappa shape index (κ3) is 4.77. The lowest BCUT2D eigenvalue weighted by molar-refractivity contribution is 0.415. The Balaban J connectivity index is 1.53. The summed E-state index contributed by atoms with van der Waals surface area (Å²) in [7, 11) is 1.65. The highest BCUT2D eigenvalue weighted by molar-refractivity contribution is 5.84. The van der Waals surface area contributed by atoms with Crippen molar-refractivity contribution in [2.75, 3.05) is 17.3 Å². The number of aromatic amines is 1. The van der Waals surface area contributed by atoms with E-state index in [0.29, 0.717) is 24.7 Å². The van der Waals surface area contributed by atoms with E-state index in [1.165, 1.54) is 11.1 Å². The van der Waals surface area contributed by atoms with Gasteiger partial charge in [0, 0.05) is 18.8 Å². The SMILES string of the molecule is COc1ccc(Nc2nc(N(Cc3ccccc3)Cc3ccccc3)c3[nH]cnc3n2)cc1. The number of hydrogen-bond acceptors (Lipinski definition) is 6. The van der Waals surface area contributed by atoms with Gasteiger partial charge in [-0.25, -0.2) is 4.98 Å². The Morgan fingerprint density at radius 1 is 0.818 bits per heavy atom. The standard InChI is InChI=1S/C26H24N6O/c1-33-22-14-12-21(13-15-22)29-26-30-24-23(27-18-28-24)25(31-26)32(16-19-8-4-2-5-9-19)17-20-10-6-3-7-11-20/h2-15,18H,16-17H2,1H3,(H2,27,28,29,30,31). The molecule has 0 atom stereocenters. The zero-order valence-electron chi connectivity index (χ0n) is 18.3. The Bertz CT molecular complexity index is 1280. The normalized spacial score (nSPS) is 10.8. The average Bonchev–Trinajstić information content (AvgIpc) is 3.34. The summed E-state index contributed by atoms with van der Waals surface area (Å²) in [6.07, 6.45) is 1.66. The lowest BCUT2D eigenvalue weighted by Crippen LogP contribution is -2.24. The molecule has 0 radical (unpaired) electrons. The van der Waals surface area contributed by atoms with E-state index in [-0.39, 0.29) is 0 Å². The van der Waals surface area contributed by atoms with Crippen molar-refractivity contribution in [2.45, 2.75) is 13.1 Å². The van der Waals surface area contributed by atoms with Crippen molar-refractivity contribution in [1.29, 1.82) is 0 Å². The first-order chi connectivity index (χ1) is 16.3. The molecule has 0 bridgehead atoms. The average molecular weight is 437 g/mol. The number of imidazole rings is 1. The molecular formula is C26H24N6O. The largest absolute Gasteiger partial charge is 0.497 e. The van der Waals surface area contributed by atoms with E-state index < -0.39 is 0 Å². The van der Waals surface area contributed by atoms with Crippen LogP contribution >= 0.6 is 0 Å². The first-order valence-corrected chi connectivity index (χ1v) is 10.7. The summed E-state index contributed by atoms with van der Waals surface area (Å²) < 4.78 is 5.25. The Kier molecular flexibility index (Phi) is 5.84. The molecule has 0 aliphatic rings. The number of ether oxygens (including phenoxy) is 1. The summed E-state index contributed by atoms with van der Waals surface area (Å²) in [5, 5.41) is 3.30. The third-order valence-electron chi connectivity index (χ3n) is 5.34. The fraction of sp³-hybridized carbons (Fsp3) is 0.115. The number of anilines is 3. The van der Waals surface area contributed by atoms with Gasteiger partial charge < -0.3 is 19.9 Å². The van der Waals surface area contributed by atoms with Gasteiger partial charge in [0.05, 0.1) is 13.4 Å². The number of nitrogens with zero attached hydrogens (tertiary/aromatic N) is 4. The fourth-order valence-electron chi connectivity index (χ4n) is 3.72. The van der Waals surface area contributed by atoms with Crippen LogP contribution in [0.2, 0.25) is 0 Å². The van der Waals surface area contributed by atoms with Gasteiger partial charge in [0.2, 0.25) is 5.95 Å². The number of benzene rings is 3. The van der Waals surface area contributed by atoms with Gasteiger partial charge >= 0.3 is 0 Å². The van der Waals surface area contributed by atoms with E-state index >= 15 is 0 Å². The van der Waals surface area contributed by atoms with Gasteiger partial charge in [-0.1, -0.05) is 60.7 Å². The summed E-state index contributed by atoms with van der Waals surface area (Å²) in [5.41, 5.74) is 4.69. The van der Waals surface area contributed by atoms with Gasteiger partial charge in [-0.3, -0.25) is 0 Å². The molecule has 0 aliphatic heterocycles. The van der Waals surface area contributed by atoms with Gasteiger partial charge in [0.1, 0.15) is 11.3 Å². The zero-order valence-corrected chi connectivity index (χ0v) is 18.3. The maximum atomic E-state index is 5.25. The molecule has 2 heterocycles. The summed E-state index contributed by atoms with van der Waals surface area (Å²) in [4.78, 5) is 19.4. The molecule has 0 saturated heterocycles. The van der Waals surface area contributed by atoms with Crippen molar-refractivity contribution in [3.8, 4) is 5.75 Å².